The van der Waals surface area contributed by atoms with Crippen molar-refractivity contribution in [2.45, 2.75) is 77.9 Å². The Balaban J connectivity index is 1.88. The molecular formula is C23H30N2O4. The molecule has 1 amide bonds. The molecule has 0 spiro atoms. The third-order valence-corrected chi connectivity index (χ3v) is 4.99. The van der Waals surface area contributed by atoms with Gasteiger partial charge >= 0.3 is 6.09 Å². The predicted molar refractivity (Wildman–Crippen MR) is 112 cm³/mol. The minimum atomic E-state index is -0.559. The van der Waals surface area contributed by atoms with Crippen LogP contribution in [0.1, 0.15) is 63.5 Å². The van der Waals surface area contributed by atoms with Crippen molar-refractivity contribution in [3.05, 3.63) is 41.6 Å². The van der Waals surface area contributed by atoms with Crippen LogP contribution in [0.2, 0.25) is 0 Å². The van der Waals surface area contributed by atoms with Crippen molar-refractivity contribution in [3.8, 4) is 0 Å². The summed E-state index contributed by atoms with van der Waals surface area (Å²) in [6, 6.07) is 9.49. The lowest BCUT2D eigenvalue weighted by molar-refractivity contribution is -0.0691. The van der Waals surface area contributed by atoms with Crippen LogP contribution in [0.25, 0.3) is 10.9 Å². The van der Waals surface area contributed by atoms with Crippen molar-refractivity contribution in [3.63, 3.8) is 0 Å². The fourth-order valence-corrected chi connectivity index (χ4v) is 3.84. The zero-order chi connectivity index (χ0) is 21.2. The third-order valence-electron chi connectivity index (χ3n) is 4.99. The van der Waals surface area contributed by atoms with Crippen LogP contribution in [0.3, 0.4) is 0 Å². The number of aromatic nitrogens is 1. The molecule has 156 valence electrons. The number of amides is 1. The van der Waals surface area contributed by atoms with Gasteiger partial charge in [-0.25, -0.2) is 9.78 Å². The molecule has 1 saturated heterocycles. The molecule has 6 nitrogen and oxygen atoms in total. The quantitative estimate of drug-likeness (QED) is 0.696. The van der Waals surface area contributed by atoms with Crippen molar-refractivity contribution in [2.75, 3.05) is 0 Å². The average Bonchev–Trinajstić information content (AvgIpc) is 2.63. The van der Waals surface area contributed by atoms with E-state index in [1.54, 1.807) is 6.07 Å². The Morgan fingerprint density at radius 1 is 1.21 bits per heavy atom. The SMILES string of the molecule is CC1CC(N(Cc2ccc3nc(C=O)ccc3c2)C(=O)OC(C)(C)C)CC(C)O1. The molecule has 0 saturated carbocycles. The molecule has 0 N–H and O–H groups in total. The summed E-state index contributed by atoms with van der Waals surface area (Å²) < 4.78 is 11.6. The average molecular weight is 399 g/mol. The van der Waals surface area contributed by atoms with E-state index < -0.39 is 5.60 Å². The van der Waals surface area contributed by atoms with E-state index in [0.29, 0.717) is 12.2 Å². The first-order valence-corrected chi connectivity index (χ1v) is 10.1. The van der Waals surface area contributed by atoms with Crippen LogP contribution in [0, 0.1) is 0 Å². The number of rotatable bonds is 4. The van der Waals surface area contributed by atoms with Gasteiger partial charge in [0.2, 0.25) is 0 Å². The number of carbonyl (C=O) groups is 2. The van der Waals surface area contributed by atoms with Gasteiger partial charge < -0.3 is 14.4 Å². The Bertz CT molecular complexity index is 880. The van der Waals surface area contributed by atoms with Crippen LogP contribution >= 0.6 is 0 Å². The van der Waals surface area contributed by atoms with Gasteiger partial charge in [-0.15, -0.1) is 0 Å². The lowest BCUT2D eigenvalue weighted by Crippen LogP contribution is -2.48. The summed E-state index contributed by atoms with van der Waals surface area (Å²) in [6.07, 6.45) is 2.18. The molecule has 1 aliphatic heterocycles. The fraction of sp³-hybridized carbons (Fsp3) is 0.522. The number of nitrogens with zero attached hydrogens (tertiary/aromatic N) is 2. The summed E-state index contributed by atoms with van der Waals surface area (Å²) in [5.41, 5.74) is 1.60. The van der Waals surface area contributed by atoms with Gasteiger partial charge in [-0.2, -0.15) is 0 Å². The lowest BCUT2D eigenvalue weighted by atomic mass is 9.97. The molecule has 0 aliphatic carbocycles. The van der Waals surface area contributed by atoms with Crippen molar-refractivity contribution in [1.29, 1.82) is 0 Å². The van der Waals surface area contributed by atoms with E-state index >= 15 is 0 Å². The minimum Gasteiger partial charge on any atom is -0.444 e. The first-order valence-electron chi connectivity index (χ1n) is 10.1. The maximum atomic E-state index is 13.0. The number of hydrogen-bond donors (Lipinski definition) is 0. The van der Waals surface area contributed by atoms with E-state index in [4.69, 9.17) is 9.47 Å². The van der Waals surface area contributed by atoms with Gasteiger partial charge in [-0.3, -0.25) is 4.79 Å². The number of fused-ring (bicyclic) bond motifs is 1. The van der Waals surface area contributed by atoms with Gasteiger partial charge in [0, 0.05) is 18.0 Å². The molecule has 2 atom stereocenters. The second kappa shape index (κ2) is 8.49. The molecule has 1 aliphatic rings. The highest BCUT2D eigenvalue weighted by Crippen LogP contribution is 2.27. The van der Waals surface area contributed by atoms with Gasteiger partial charge in [0.05, 0.1) is 17.7 Å². The normalized spacial score (nSPS) is 22.3. The standard InChI is InChI=1S/C23H30N2O4/c1-15-10-20(11-16(2)28-15)25(22(27)29-23(3,4)5)13-17-6-9-21-18(12-17)7-8-19(14-26)24-21/h6-9,12,14-16,20H,10-11,13H2,1-5H3. The molecule has 0 radical (unpaired) electrons. The van der Waals surface area contributed by atoms with Crippen LogP contribution < -0.4 is 0 Å². The summed E-state index contributed by atoms with van der Waals surface area (Å²) >= 11 is 0. The predicted octanol–water partition coefficient (Wildman–Crippen LogP) is 4.74. The molecule has 2 heterocycles. The maximum absolute atomic E-state index is 13.0. The number of carbonyl (C=O) groups excluding carboxylic acids is 2. The molecule has 1 aromatic heterocycles. The maximum Gasteiger partial charge on any atom is 0.410 e. The Morgan fingerprint density at radius 3 is 2.52 bits per heavy atom. The van der Waals surface area contributed by atoms with E-state index in [1.807, 2.05) is 63.8 Å². The first-order chi connectivity index (χ1) is 13.6. The number of pyridine rings is 1. The summed E-state index contributed by atoms with van der Waals surface area (Å²) in [5, 5.41) is 0.936. The molecule has 2 aromatic rings. The van der Waals surface area contributed by atoms with Gasteiger partial charge in [-0.05, 0) is 71.2 Å². The monoisotopic (exact) mass is 398 g/mol. The molecule has 6 heteroatoms. The van der Waals surface area contributed by atoms with Crippen LogP contribution in [0.15, 0.2) is 30.3 Å². The van der Waals surface area contributed by atoms with Gasteiger partial charge in [0.25, 0.3) is 0 Å². The van der Waals surface area contributed by atoms with Crippen molar-refractivity contribution >= 4 is 23.3 Å². The minimum absolute atomic E-state index is 0.0508. The third kappa shape index (κ3) is 5.54. The van der Waals surface area contributed by atoms with E-state index in [1.165, 1.54) is 0 Å². The van der Waals surface area contributed by atoms with Gasteiger partial charge in [0.1, 0.15) is 11.3 Å². The summed E-state index contributed by atoms with van der Waals surface area (Å²) in [7, 11) is 0. The Hall–Kier alpha value is -2.47. The highest BCUT2D eigenvalue weighted by Gasteiger charge is 2.34. The van der Waals surface area contributed by atoms with Crippen molar-refractivity contribution in [2.24, 2.45) is 0 Å². The smallest absolute Gasteiger partial charge is 0.410 e. The number of benzene rings is 1. The topological polar surface area (TPSA) is 68.7 Å². The Kier molecular flexibility index (Phi) is 6.22. The van der Waals surface area contributed by atoms with Gasteiger partial charge in [-0.1, -0.05) is 12.1 Å². The highest BCUT2D eigenvalue weighted by atomic mass is 16.6. The van der Waals surface area contributed by atoms with Crippen LogP contribution in [0.5, 0.6) is 0 Å². The number of hydrogen-bond acceptors (Lipinski definition) is 5. The second-order valence-corrected chi connectivity index (χ2v) is 8.87. The molecular weight excluding hydrogens is 368 g/mol. The van der Waals surface area contributed by atoms with Crippen LogP contribution in [-0.4, -0.2) is 46.1 Å². The number of aldehydes is 1. The van der Waals surface area contributed by atoms with Crippen molar-refractivity contribution in [1.82, 2.24) is 9.88 Å². The van der Waals surface area contributed by atoms with E-state index in [0.717, 1.165) is 35.6 Å². The highest BCUT2D eigenvalue weighted by molar-refractivity contribution is 5.84. The number of ether oxygens (including phenoxy) is 2. The largest absolute Gasteiger partial charge is 0.444 e. The van der Waals surface area contributed by atoms with Gasteiger partial charge in [0.15, 0.2) is 6.29 Å². The summed E-state index contributed by atoms with van der Waals surface area (Å²) in [4.78, 5) is 30.1. The molecule has 29 heavy (non-hydrogen) atoms. The second-order valence-electron chi connectivity index (χ2n) is 8.87. The van der Waals surface area contributed by atoms with Crippen LogP contribution in [0.4, 0.5) is 4.79 Å². The zero-order valence-electron chi connectivity index (χ0n) is 17.8. The molecule has 1 fully saturated rings. The van der Waals surface area contributed by atoms with E-state index in [2.05, 4.69) is 4.98 Å². The first kappa shape index (κ1) is 21.2. The van der Waals surface area contributed by atoms with Crippen LogP contribution in [-0.2, 0) is 16.0 Å². The summed E-state index contributed by atoms with van der Waals surface area (Å²) in [5.74, 6) is 0. The summed E-state index contributed by atoms with van der Waals surface area (Å²) in [6.45, 7) is 10.2. The fourth-order valence-electron chi connectivity index (χ4n) is 3.84. The van der Waals surface area contributed by atoms with E-state index in [-0.39, 0.29) is 24.3 Å². The Morgan fingerprint density at radius 2 is 1.90 bits per heavy atom. The molecule has 0 bridgehead atoms. The molecule has 3 rings (SSSR count). The van der Waals surface area contributed by atoms with E-state index in [9.17, 15) is 9.59 Å². The Labute approximate surface area is 172 Å². The zero-order valence-corrected chi connectivity index (χ0v) is 17.8. The lowest BCUT2D eigenvalue weighted by Gasteiger charge is -2.39. The molecule has 2 unspecified atom stereocenters. The van der Waals surface area contributed by atoms with Crippen molar-refractivity contribution < 1.29 is 19.1 Å². The molecule has 1 aromatic carbocycles.